The number of urea groups is 1. The molecule has 7 nitrogen and oxygen atoms in total. The van der Waals surface area contributed by atoms with Crippen LogP contribution in [-0.4, -0.2) is 55.2 Å². The molecule has 0 saturated carbocycles. The van der Waals surface area contributed by atoms with Crippen molar-refractivity contribution < 1.29 is 14.3 Å². The van der Waals surface area contributed by atoms with Gasteiger partial charge in [-0.3, -0.25) is 0 Å². The number of pyridine rings is 1. The molecule has 0 radical (unpaired) electrons. The van der Waals surface area contributed by atoms with Crippen LogP contribution in [0.5, 0.6) is 0 Å². The van der Waals surface area contributed by atoms with Crippen molar-refractivity contribution in [2.75, 3.05) is 43.5 Å². The fourth-order valence-electron chi connectivity index (χ4n) is 2.69. The van der Waals surface area contributed by atoms with E-state index in [0.29, 0.717) is 24.3 Å². The van der Waals surface area contributed by atoms with Gasteiger partial charge in [0.1, 0.15) is 5.82 Å². The number of benzene rings is 1. The highest BCUT2D eigenvalue weighted by molar-refractivity contribution is 5.92. The van der Waals surface area contributed by atoms with Crippen molar-refractivity contribution in [1.29, 1.82) is 0 Å². The van der Waals surface area contributed by atoms with Crippen LogP contribution in [0.1, 0.15) is 10.4 Å². The molecule has 1 aliphatic heterocycles. The lowest BCUT2D eigenvalue weighted by molar-refractivity contribution is 0.0601. The Morgan fingerprint density at radius 3 is 2.36 bits per heavy atom. The normalized spacial score (nSPS) is 14.1. The molecule has 1 saturated heterocycles. The highest BCUT2D eigenvalue weighted by Crippen LogP contribution is 2.15. The molecule has 2 amide bonds. The Morgan fingerprint density at radius 2 is 1.76 bits per heavy atom. The minimum absolute atomic E-state index is 0.147. The van der Waals surface area contributed by atoms with Crippen molar-refractivity contribution in [3.8, 4) is 0 Å². The first-order valence-corrected chi connectivity index (χ1v) is 8.07. The van der Waals surface area contributed by atoms with Gasteiger partial charge in [0, 0.05) is 38.1 Å². The van der Waals surface area contributed by atoms with Gasteiger partial charge in [-0.2, -0.15) is 0 Å². The second-order valence-electron chi connectivity index (χ2n) is 5.66. The summed E-state index contributed by atoms with van der Waals surface area (Å²) >= 11 is 0. The second kappa shape index (κ2) is 7.65. The summed E-state index contributed by atoms with van der Waals surface area (Å²) in [5.74, 6) is 0.532. The third kappa shape index (κ3) is 4.06. The van der Waals surface area contributed by atoms with Gasteiger partial charge in [0.2, 0.25) is 0 Å². The van der Waals surface area contributed by atoms with Crippen LogP contribution < -0.4 is 10.2 Å². The molecule has 0 bridgehead atoms. The Hall–Kier alpha value is -3.09. The fraction of sp³-hybridized carbons (Fsp3) is 0.278. The van der Waals surface area contributed by atoms with Crippen LogP contribution in [0.4, 0.5) is 16.3 Å². The SMILES string of the molecule is COC(=O)c1ccc(NC(=O)N2CCN(c3ccccn3)CC2)cc1. The van der Waals surface area contributed by atoms with Gasteiger partial charge in [0.25, 0.3) is 0 Å². The average Bonchev–Trinajstić information content (AvgIpc) is 2.68. The molecule has 1 aliphatic rings. The van der Waals surface area contributed by atoms with Gasteiger partial charge in [0.05, 0.1) is 12.7 Å². The quantitative estimate of drug-likeness (QED) is 0.867. The van der Waals surface area contributed by atoms with Crippen LogP contribution in [-0.2, 0) is 4.74 Å². The van der Waals surface area contributed by atoms with E-state index in [2.05, 4.69) is 19.9 Å². The summed E-state index contributed by atoms with van der Waals surface area (Å²) in [5, 5.41) is 2.85. The highest BCUT2D eigenvalue weighted by Gasteiger charge is 2.21. The maximum Gasteiger partial charge on any atom is 0.337 e. The summed E-state index contributed by atoms with van der Waals surface area (Å²) in [6, 6.07) is 12.3. The van der Waals surface area contributed by atoms with Crippen LogP contribution in [0.25, 0.3) is 0 Å². The Bertz CT molecular complexity index is 726. The van der Waals surface area contributed by atoms with Crippen molar-refractivity contribution >= 4 is 23.5 Å². The maximum absolute atomic E-state index is 12.4. The van der Waals surface area contributed by atoms with E-state index in [1.54, 1.807) is 35.4 Å². The molecule has 0 aliphatic carbocycles. The number of anilines is 2. The Balaban J connectivity index is 1.53. The zero-order chi connectivity index (χ0) is 17.6. The minimum atomic E-state index is -0.400. The minimum Gasteiger partial charge on any atom is -0.465 e. The van der Waals surface area contributed by atoms with E-state index in [1.807, 2.05) is 18.2 Å². The molecule has 130 valence electrons. The molecule has 1 aromatic carbocycles. The van der Waals surface area contributed by atoms with Gasteiger partial charge in [-0.25, -0.2) is 14.6 Å². The second-order valence-corrected chi connectivity index (χ2v) is 5.66. The molecular formula is C18H20N4O3. The maximum atomic E-state index is 12.4. The monoisotopic (exact) mass is 340 g/mol. The molecule has 0 unspecified atom stereocenters. The molecule has 3 rings (SSSR count). The molecule has 2 heterocycles. The number of carbonyl (C=O) groups excluding carboxylic acids is 2. The van der Waals surface area contributed by atoms with Crippen molar-refractivity contribution in [2.24, 2.45) is 0 Å². The number of hydrogen-bond acceptors (Lipinski definition) is 5. The fourth-order valence-corrected chi connectivity index (χ4v) is 2.69. The molecule has 2 aromatic rings. The van der Waals surface area contributed by atoms with E-state index in [9.17, 15) is 9.59 Å². The van der Waals surface area contributed by atoms with E-state index >= 15 is 0 Å². The number of piperazine rings is 1. The zero-order valence-electron chi connectivity index (χ0n) is 14.0. The molecule has 25 heavy (non-hydrogen) atoms. The van der Waals surface area contributed by atoms with Crippen LogP contribution >= 0.6 is 0 Å². The van der Waals surface area contributed by atoms with E-state index < -0.39 is 5.97 Å². The Labute approximate surface area is 146 Å². The molecule has 1 N–H and O–H groups in total. The van der Waals surface area contributed by atoms with Gasteiger partial charge < -0.3 is 19.9 Å². The topological polar surface area (TPSA) is 74.8 Å². The summed E-state index contributed by atoms with van der Waals surface area (Å²) in [6.07, 6.45) is 1.77. The summed E-state index contributed by atoms with van der Waals surface area (Å²) in [5.41, 5.74) is 1.09. The van der Waals surface area contributed by atoms with Crippen molar-refractivity contribution in [2.45, 2.75) is 0 Å². The number of esters is 1. The lowest BCUT2D eigenvalue weighted by atomic mass is 10.2. The summed E-state index contributed by atoms with van der Waals surface area (Å²) in [4.78, 5) is 32.1. The van der Waals surface area contributed by atoms with Crippen molar-refractivity contribution in [3.05, 3.63) is 54.2 Å². The molecule has 1 fully saturated rings. The Kier molecular flexibility index (Phi) is 5.13. The summed E-state index contributed by atoms with van der Waals surface area (Å²) < 4.78 is 4.65. The lowest BCUT2D eigenvalue weighted by Gasteiger charge is -2.35. The van der Waals surface area contributed by atoms with Crippen LogP contribution in [0.2, 0.25) is 0 Å². The number of rotatable bonds is 3. The predicted molar refractivity (Wildman–Crippen MR) is 94.8 cm³/mol. The number of ether oxygens (including phenoxy) is 1. The van der Waals surface area contributed by atoms with Gasteiger partial charge >= 0.3 is 12.0 Å². The first-order chi connectivity index (χ1) is 12.2. The van der Waals surface area contributed by atoms with E-state index in [1.165, 1.54) is 7.11 Å². The number of carbonyl (C=O) groups is 2. The molecular weight excluding hydrogens is 320 g/mol. The van der Waals surface area contributed by atoms with Crippen LogP contribution in [0.3, 0.4) is 0 Å². The lowest BCUT2D eigenvalue weighted by Crippen LogP contribution is -2.50. The first-order valence-electron chi connectivity index (χ1n) is 8.07. The molecule has 0 atom stereocenters. The van der Waals surface area contributed by atoms with Gasteiger partial charge in [-0.15, -0.1) is 0 Å². The predicted octanol–water partition coefficient (Wildman–Crippen LogP) is 2.22. The smallest absolute Gasteiger partial charge is 0.337 e. The van der Waals surface area contributed by atoms with Gasteiger partial charge in [0.15, 0.2) is 0 Å². The number of methoxy groups -OCH3 is 1. The average molecular weight is 340 g/mol. The molecule has 7 heteroatoms. The van der Waals surface area contributed by atoms with Crippen LogP contribution in [0.15, 0.2) is 48.7 Å². The van der Waals surface area contributed by atoms with Crippen molar-refractivity contribution in [3.63, 3.8) is 0 Å². The third-order valence-electron chi connectivity index (χ3n) is 4.10. The standard InChI is InChI=1S/C18H20N4O3/c1-25-17(23)14-5-7-15(8-6-14)20-18(24)22-12-10-21(11-13-22)16-4-2-3-9-19-16/h2-9H,10-13H2,1H3,(H,20,24). The highest BCUT2D eigenvalue weighted by atomic mass is 16.5. The van der Waals surface area contributed by atoms with Gasteiger partial charge in [-0.05, 0) is 36.4 Å². The van der Waals surface area contributed by atoms with E-state index in [0.717, 1.165) is 18.9 Å². The number of nitrogens with zero attached hydrogens (tertiary/aromatic N) is 3. The largest absolute Gasteiger partial charge is 0.465 e. The summed E-state index contributed by atoms with van der Waals surface area (Å²) in [6.45, 7) is 2.74. The number of nitrogens with one attached hydrogen (secondary N) is 1. The van der Waals surface area contributed by atoms with Gasteiger partial charge in [-0.1, -0.05) is 6.07 Å². The number of amides is 2. The Morgan fingerprint density at radius 1 is 1.04 bits per heavy atom. The number of aromatic nitrogens is 1. The molecule has 1 aromatic heterocycles. The third-order valence-corrected chi connectivity index (χ3v) is 4.10. The zero-order valence-corrected chi connectivity index (χ0v) is 14.0. The number of hydrogen-bond donors (Lipinski definition) is 1. The van der Waals surface area contributed by atoms with E-state index in [4.69, 9.17) is 0 Å². The van der Waals surface area contributed by atoms with Crippen molar-refractivity contribution in [1.82, 2.24) is 9.88 Å². The first kappa shape index (κ1) is 16.8. The summed E-state index contributed by atoms with van der Waals surface area (Å²) in [7, 11) is 1.34. The van der Waals surface area contributed by atoms with Crippen LogP contribution in [0, 0.1) is 0 Å². The molecule has 0 spiro atoms. The van der Waals surface area contributed by atoms with E-state index in [-0.39, 0.29) is 6.03 Å².